The summed E-state index contributed by atoms with van der Waals surface area (Å²) in [6.07, 6.45) is 3.41. The number of hydrogen-bond acceptors (Lipinski definition) is 3. The second-order valence-corrected chi connectivity index (χ2v) is 6.79. The Balaban J connectivity index is 1.93. The second-order valence-electron chi connectivity index (χ2n) is 6.79. The Kier molecular flexibility index (Phi) is 6.66. The molecule has 2 amide bonds. The molecule has 0 saturated carbocycles. The minimum atomic E-state index is -0.291. The molecule has 0 unspecified atom stereocenters. The van der Waals surface area contributed by atoms with Crippen molar-refractivity contribution in [2.75, 3.05) is 18.4 Å². The number of para-hydroxylation sites is 2. The third-order valence-corrected chi connectivity index (χ3v) is 4.89. The zero-order valence-electron chi connectivity index (χ0n) is 17.1. The number of likely N-dealkylation sites (N-methyl/N-ethyl adjacent to an activating group) is 1. The topological polar surface area (TPSA) is 78.1 Å². The number of nitrogens with one attached hydrogen (secondary N) is 1. The van der Waals surface area contributed by atoms with Crippen molar-refractivity contribution in [2.24, 2.45) is 0 Å². The fraction of sp³-hybridized carbons (Fsp3) is 0.208. The maximum Gasteiger partial charge on any atom is 0.264 e. The number of nitrogens with zero attached hydrogens (tertiary/aromatic N) is 3. The molecule has 1 aromatic heterocycles. The minimum Gasteiger partial charge on any atom is -0.339 e. The number of hydrogen-bond donors (Lipinski definition) is 1. The number of carbonyl (C=O) groups is 2. The van der Waals surface area contributed by atoms with Crippen molar-refractivity contribution in [2.45, 2.75) is 20.4 Å². The molecule has 0 bridgehead atoms. The van der Waals surface area contributed by atoms with Gasteiger partial charge in [-0.1, -0.05) is 36.4 Å². The predicted molar refractivity (Wildman–Crippen MR) is 119 cm³/mol. The average molecular weight is 400 g/mol. The van der Waals surface area contributed by atoms with Gasteiger partial charge in [-0.25, -0.2) is 0 Å². The third kappa shape index (κ3) is 4.58. The average Bonchev–Trinajstić information content (AvgIpc) is 3.10. The molecule has 0 radical (unpaired) electrons. The van der Waals surface area contributed by atoms with E-state index in [0.717, 1.165) is 22.2 Å². The van der Waals surface area contributed by atoms with Gasteiger partial charge in [0.1, 0.15) is 18.2 Å². The number of amides is 2. The lowest BCUT2D eigenvalue weighted by atomic mass is 10.1. The van der Waals surface area contributed by atoms with E-state index >= 15 is 0 Å². The lowest BCUT2D eigenvalue weighted by Gasteiger charge is -2.17. The van der Waals surface area contributed by atoms with Crippen LogP contribution in [0.4, 0.5) is 5.69 Å². The van der Waals surface area contributed by atoms with Crippen molar-refractivity contribution in [3.8, 4) is 6.07 Å². The zero-order valence-corrected chi connectivity index (χ0v) is 17.1. The van der Waals surface area contributed by atoms with Crippen LogP contribution in [-0.2, 0) is 16.1 Å². The van der Waals surface area contributed by atoms with Crippen LogP contribution in [0, 0.1) is 11.3 Å². The Morgan fingerprint density at radius 3 is 2.40 bits per heavy atom. The highest BCUT2D eigenvalue weighted by Crippen LogP contribution is 2.24. The first-order valence-corrected chi connectivity index (χ1v) is 9.91. The molecular formula is C24H24N4O2. The molecule has 0 saturated heterocycles. The maximum absolute atomic E-state index is 12.6. The van der Waals surface area contributed by atoms with E-state index in [1.807, 2.05) is 85.3 Å². The number of benzene rings is 2. The van der Waals surface area contributed by atoms with Gasteiger partial charge in [0.15, 0.2) is 0 Å². The molecule has 0 aliphatic carbocycles. The summed E-state index contributed by atoms with van der Waals surface area (Å²) in [7, 11) is 0. The van der Waals surface area contributed by atoms with Gasteiger partial charge in [-0.15, -0.1) is 0 Å². The van der Waals surface area contributed by atoms with Crippen molar-refractivity contribution in [3.63, 3.8) is 0 Å². The van der Waals surface area contributed by atoms with E-state index in [-0.39, 0.29) is 23.9 Å². The second kappa shape index (κ2) is 9.57. The number of anilines is 1. The predicted octanol–water partition coefficient (Wildman–Crippen LogP) is 4.06. The van der Waals surface area contributed by atoms with E-state index in [9.17, 15) is 14.9 Å². The Morgan fingerprint density at radius 2 is 1.73 bits per heavy atom. The fourth-order valence-electron chi connectivity index (χ4n) is 3.38. The van der Waals surface area contributed by atoms with Crippen LogP contribution < -0.4 is 5.32 Å². The van der Waals surface area contributed by atoms with Crippen LogP contribution in [-0.4, -0.2) is 34.4 Å². The molecule has 0 aliphatic rings. The highest BCUT2D eigenvalue weighted by atomic mass is 16.2. The molecule has 1 heterocycles. The van der Waals surface area contributed by atoms with Crippen LogP contribution in [0.15, 0.2) is 66.4 Å². The monoisotopic (exact) mass is 400 g/mol. The summed E-state index contributed by atoms with van der Waals surface area (Å²) in [6, 6.07) is 18.9. The summed E-state index contributed by atoms with van der Waals surface area (Å²) in [5.41, 5.74) is 2.40. The molecule has 0 spiro atoms. The molecule has 6 heteroatoms. The van der Waals surface area contributed by atoms with E-state index in [1.165, 1.54) is 0 Å². The van der Waals surface area contributed by atoms with Gasteiger partial charge in [0.05, 0.1) is 0 Å². The number of fused-ring (bicyclic) bond motifs is 1. The van der Waals surface area contributed by atoms with Crippen LogP contribution in [0.2, 0.25) is 0 Å². The van der Waals surface area contributed by atoms with Gasteiger partial charge >= 0.3 is 0 Å². The molecule has 0 fully saturated rings. The number of aromatic nitrogens is 1. The van der Waals surface area contributed by atoms with Crippen LogP contribution >= 0.6 is 0 Å². The molecule has 3 aromatic rings. The maximum atomic E-state index is 12.6. The number of rotatable bonds is 7. The van der Waals surface area contributed by atoms with E-state index in [1.54, 1.807) is 11.0 Å². The molecule has 6 nitrogen and oxygen atoms in total. The SMILES string of the molecule is CCN(CC)C(=O)/C(C#N)=C/c1cn(CC(=O)Nc2ccccc2)c2ccccc12. The molecule has 0 atom stereocenters. The van der Waals surface area contributed by atoms with E-state index in [4.69, 9.17) is 0 Å². The van der Waals surface area contributed by atoms with E-state index in [2.05, 4.69) is 5.32 Å². The van der Waals surface area contributed by atoms with E-state index in [0.29, 0.717) is 13.1 Å². The normalized spacial score (nSPS) is 11.2. The van der Waals surface area contributed by atoms with E-state index < -0.39 is 0 Å². The highest BCUT2D eigenvalue weighted by Gasteiger charge is 2.17. The van der Waals surface area contributed by atoms with Crippen LogP contribution in [0.3, 0.4) is 0 Å². The summed E-state index contributed by atoms with van der Waals surface area (Å²) in [6.45, 7) is 4.96. The molecule has 152 valence electrons. The van der Waals surface area contributed by atoms with Gasteiger partial charge in [0, 0.05) is 41.4 Å². The number of carbonyl (C=O) groups excluding carboxylic acids is 2. The van der Waals surface area contributed by atoms with Gasteiger partial charge < -0.3 is 14.8 Å². The summed E-state index contributed by atoms with van der Waals surface area (Å²) in [5, 5.41) is 13.3. The first-order chi connectivity index (χ1) is 14.6. The van der Waals surface area contributed by atoms with Gasteiger partial charge in [0.2, 0.25) is 5.91 Å². The summed E-state index contributed by atoms with van der Waals surface area (Å²) in [5.74, 6) is -0.446. The van der Waals surface area contributed by atoms with Crippen LogP contribution in [0.25, 0.3) is 17.0 Å². The largest absolute Gasteiger partial charge is 0.339 e. The fourth-order valence-corrected chi connectivity index (χ4v) is 3.38. The highest BCUT2D eigenvalue weighted by molar-refractivity contribution is 6.04. The van der Waals surface area contributed by atoms with Crippen molar-refractivity contribution < 1.29 is 9.59 Å². The summed E-state index contributed by atoms with van der Waals surface area (Å²) < 4.78 is 1.83. The zero-order chi connectivity index (χ0) is 21.5. The number of nitriles is 1. The Labute approximate surface area is 176 Å². The van der Waals surface area contributed by atoms with Crippen molar-refractivity contribution in [1.29, 1.82) is 5.26 Å². The van der Waals surface area contributed by atoms with Gasteiger partial charge in [0.25, 0.3) is 5.91 Å². The summed E-state index contributed by atoms with van der Waals surface area (Å²) >= 11 is 0. The molecule has 30 heavy (non-hydrogen) atoms. The lowest BCUT2D eigenvalue weighted by molar-refractivity contribution is -0.126. The van der Waals surface area contributed by atoms with Gasteiger partial charge in [-0.2, -0.15) is 5.26 Å². The van der Waals surface area contributed by atoms with Crippen molar-refractivity contribution in [3.05, 3.63) is 71.9 Å². The first kappa shape index (κ1) is 20.9. The van der Waals surface area contributed by atoms with Crippen molar-refractivity contribution in [1.82, 2.24) is 9.47 Å². The molecule has 2 aromatic carbocycles. The van der Waals surface area contributed by atoms with Crippen molar-refractivity contribution >= 4 is 34.5 Å². The Bertz CT molecular complexity index is 1120. The molecule has 0 aliphatic heterocycles. The molecular weight excluding hydrogens is 376 g/mol. The standard InChI is InChI=1S/C24H24N4O2/c1-3-27(4-2)24(30)18(15-25)14-19-16-28(22-13-9-8-12-21(19)22)17-23(29)26-20-10-6-5-7-11-20/h5-14,16H,3-4,17H2,1-2H3,(H,26,29)/b18-14+. The van der Waals surface area contributed by atoms with Gasteiger partial charge in [-0.3, -0.25) is 9.59 Å². The Morgan fingerprint density at radius 1 is 1.07 bits per heavy atom. The minimum absolute atomic E-state index is 0.0790. The third-order valence-electron chi connectivity index (χ3n) is 4.89. The van der Waals surface area contributed by atoms with Crippen LogP contribution in [0.5, 0.6) is 0 Å². The van der Waals surface area contributed by atoms with Crippen LogP contribution in [0.1, 0.15) is 19.4 Å². The Hall–Kier alpha value is -3.85. The van der Waals surface area contributed by atoms with Gasteiger partial charge in [-0.05, 0) is 38.1 Å². The smallest absolute Gasteiger partial charge is 0.264 e. The first-order valence-electron chi connectivity index (χ1n) is 9.91. The lowest BCUT2D eigenvalue weighted by Crippen LogP contribution is -2.31. The quantitative estimate of drug-likeness (QED) is 0.480. The summed E-state index contributed by atoms with van der Waals surface area (Å²) in [4.78, 5) is 26.8. The molecule has 1 N–H and O–H groups in total. The molecule has 3 rings (SSSR count).